The molecule has 0 radical (unpaired) electrons. The van der Waals surface area contributed by atoms with E-state index in [1.54, 1.807) is 0 Å². The fraction of sp³-hybridized carbons (Fsp3) is 0.250. The van der Waals surface area contributed by atoms with E-state index in [9.17, 15) is 13.9 Å². The van der Waals surface area contributed by atoms with Gasteiger partial charge in [0.15, 0.2) is 0 Å². The first-order valence-electron chi connectivity index (χ1n) is 6.25. The molecule has 100 valence electrons. The van der Waals surface area contributed by atoms with Crippen molar-refractivity contribution in [3.63, 3.8) is 0 Å². The van der Waals surface area contributed by atoms with E-state index >= 15 is 0 Å². The van der Waals surface area contributed by atoms with Gasteiger partial charge in [-0.25, -0.2) is 8.78 Å². The molecule has 0 aromatic heterocycles. The number of halogens is 2. The van der Waals surface area contributed by atoms with Gasteiger partial charge in [-0.1, -0.05) is 37.3 Å². The molecule has 0 fully saturated rings. The lowest BCUT2D eigenvalue weighted by Gasteiger charge is -2.19. The molecule has 0 bridgehead atoms. The second-order valence-electron chi connectivity index (χ2n) is 4.71. The van der Waals surface area contributed by atoms with Gasteiger partial charge in [-0.3, -0.25) is 0 Å². The molecule has 0 saturated carbocycles. The first-order valence-corrected chi connectivity index (χ1v) is 6.25. The molecule has 2 aromatic rings. The van der Waals surface area contributed by atoms with Gasteiger partial charge in [0.05, 0.1) is 6.10 Å². The predicted octanol–water partition coefficient (Wildman–Crippen LogP) is 3.67. The number of hydrogen-bond acceptors (Lipinski definition) is 1. The van der Waals surface area contributed by atoms with E-state index in [1.807, 2.05) is 37.3 Å². The maximum Gasteiger partial charge on any atom is 0.126 e. The minimum Gasteiger partial charge on any atom is -0.392 e. The van der Waals surface area contributed by atoms with Crippen LogP contribution in [0.3, 0.4) is 0 Å². The van der Waals surface area contributed by atoms with Crippen LogP contribution < -0.4 is 0 Å². The van der Waals surface area contributed by atoms with Crippen molar-refractivity contribution < 1.29 is 13.9 Å². The van der Waals surface area contributed by atoms with E-state index in [4.69, 9.17) is 0 Å². The summed E-state index contributed by atoms with van der Waals surface area (Å²) in [5.41, 5.74) is 1.18. The minimum atomic E-state index is -0.751. The molecule has 0 aliphatic rings. The number of hydrogen-bond donors (Lipinski definition) is 1. The summed E-state index contributed by atoms with van der Waals surface area (Å²) in [6.45, 7) is 1.87. The molecule has 1 nitrogen and oxygen atoms in total. The third-order valence-electron chi connectivity index (χ3n) is 3.34. The Labute approximate surface area is 111 Å². The van der Waals surface area contributed by atoms with E-state index in [2.05, 4.69) is 0 Å². The molecule has 2 rings (SSSR count). The Hall–Kier alpha value is -1.74. The summed E-state index contributed by atoms with van der Waals surface area (Å²) in [6, 6.07) is 12.8. The van der Waals surface area contributed by atoms with Crippen molar-refractivity contribution in [3.05, 3.63) is 71.3 Å². The van der Waals surface area contributed by atoms with Gasteiger partial charge in [0, 0.05) is 12.3 Å². The maximum atomic E-state index is 13.5. The molecule has 0 spiro atoms. The molecule has 2 unspecified atom stereocenters. The van der Waals surface area contributed by atoms with Crippen LogP contribution in [-0.2, 0) is 6.42 Å². The van der Waals surface area contributed by atoms with Gasteiger partial charge < -0.3 is 5.11 Å². The Morgan fingerprint density at radius 1 is 1.05 bits per heavy atom. The van der Waals surface area contributed by atoms with Crippen molar-refractivity contribution >= 4 is 0 Å². The van der Waals surface area contributed by atoms with Crippen LogP contribution in [0.15, 0.2) is 48.5 Å². The highest BCUT2D eigenvalue weighted by molar-refractivity contribution is 5.23. The summed E-state index contributed by atoms with van der Waals surface area (Å²) in [7, 11) is 0. The van der Waals surface area contributed by atoms with Crippen LogP contribution in [0.25, 0.3) is 0 Å². The van der Waals surface area contributed by atoms with E-state index in [1.165, 1.54) is 0 Å². The van der Waals surface area contributed by atoms with Crippen LogP contribution in [0, 0.1) is 11.6 Å². The Kier molecular flexibility index (Phi) is 4.27. The van der Waals surface area contributed by atoms with Gasteiger partial charge in [0.2, 0.25) is 0 Å². The molecule has 0 amide bonds. The van der Waals surface area contributed by atoms with Gasteiger partial charge in [-0.05, 0) is 29.3 Å². The zero-order chi connectivity index (χ0) is 13.8. The van der Waals surface area contributed by atoms with Crippen molar-refractivity contribution in [2.24, 2.45) is 0 Å². The lowest BCUT2D eigenvalue weighted by molar-refractivity contribution is 0.148. The van der Waals surface area contributed by atoms with Crippen molar-refractivity contribution in [1.29, 1.82) is 0 Å². The number of aliphatic hydroxyl groups excluding tert-OH is 1. The Bertz CT molecular complexity index is 540. The summed E-state index contributed by atoms with van der Waals surface area (Å²) in [5, 5.41) is 10.2. The fourth-order valence-electron chi connectivity index (χ4n) is 2.08. The molecule has 19 heavy (non-hydrogen) atoms. The Morgan fingerprint density at radius 2 is 1.74 bits per heavy atom. The van der Waals surface area contributed by atoms with E-state index in [0.717, 1.165) is 23.8 Å². The van der Waals surface area contributed by atoms with E-state index in [-0.39, 0.29) is 17.9 Å². The summed E-state index contributed by atoms with van der Waals surface area (Å²) in [6.07, 6.45) is -0.654. The smallest absolute Gasteiger partial charge is 0.126 e. The van der Waals surface area contributed by atoms with Crippen molar-refractivity contribution in [3.8, 4) is 0 Å². The number of benzene rings is 2. The monoisotopic (exact) mass is 262 g/mol. The lowest BCUT2D eigenvalue weighted by atomic mass is 9.91. The van der Waals surface area contributed by atoms with Gasteiger partial charge >= 0.3 is 0 Å². The van der Waals surface area contributed by atoms with Gasteiger partial charge in [0.1, 0.15) is 11.6 Å². The van der Waals surface area contributed by atoms with E-state index in [0.29, 0.717) is 0 Å². The molecular weight excluding hydrogens is 246 g/mol. The minimum absolute atomic E-state index is 0.0969. The summed E-state index contributed by atoms with van der Waals surface area (Å²) < 4.78 is 26.6. The van der Waals surface area contributed by atoms with Crippen LogP contribution in [-0.4, -0.2) is 11.2 Å². The zero-order valence-electron chi connectivity index (χ0n) is 10.7. The van der Waals surface area contributed by atoms with Crippen LogP contribution in [0.1, 0.15) is 24.0 Å². The van der Waals surface area contributed by atoms with Gasteiger partial charge in [-0.15, -0.1) is 0 Å². The highest BCUT2D eigenvalue weighted by Gasteiger charge is 2.18. The maximum absolute atomic E-state index is 13.5. The second kappa shape index (κ2) is 5.93. The summed E-state index contributed by atoms with van der Waals surface area (Å²) >= 11 is 0. The molecule has 0 aliphatic heterocycles. The fourth-order valence-corrected chi connectivity index (χ4v) is 2.08. The number of rotatable bonds is 4. The summed E-state index contributed by atoms with van der Waals surface area (Å²) in [5.74, 6) is -1.11. The Morgan fingerprint density at radius 3 is 2.42 bits per heavy atom. The molecular formula is C16H16F2O. The Balaban J connectivity index is 2.12. The average Bonchev–Trinajstić information content (AvgIpc) is 2.43. The number of aliphatic hydroxyl groups is 1. The third kappa shape index (κ3) is 3.38. The van der Waals surface area contributed by atoms with Crippen LogP contribution in [0.4, 0.5) is 8.78 Å². The van der Waals surface area contributed by atoms with Gasteiger partial charge in [0.25, 0.3) is 0 Å². The molecule has 2 aromatic carbocycles. The zero-order valence-corrected chi connectivity index (χ0v) is 10.7. The highest BCUT2D eigenvalue weighted by Crippen LogP contribution is 2.22. The van der Waals surface area contributed by atoms with Crippen LogP contribution >= 0.6 is 0 Å². The predicted molar refractivity (Wildman–Crippen MR) is 70.9 cm³/mol. The van der Waals surface area contributed by atoms with E-state index < -0.39 is 17.7 Å². The normalized spacial score (nSPS) is 14.1. The van der Waals surface area contributed by atoms with Crippen molar-refractivity contribution in [2.45, 2.75) is 25.4 Å². The SMILES string of the molecule is CC(c1ccccc1)C(O)Cc1cc(F)ccc1F. The molecule has 0 saturated heterocycles. The summed E-state index contributed by atoms with van der Waals surface area (Å²) in [4.78, 5) is 0. The average molecular weight is 262 g/mol. The molecule has 0 heterocycles. The second-order valence-corrected chi connectivity index (χ2v) is 4.71. The lowest BCUT2D eigenvalue weighted by Crippen LogP contribution is -2.19. The first kappa shape index (κ1) is 13.7. The van der Waals surface area contributed by atoms with Crippen molar-refractivity contribution in [2.75, 3.05) is 0 Å². The first-order chi connectivity index (χ1) is 9.08. The van der Waals surface area contributed by atoms with Crippen LogP contribution in [0.5, 0.6) is 0 Å². The van der Waals surface area contributed by atoms with Crippen molar-refractivity contribution in [1.82, 2.24) is 0 Å². The quantitative estimate of drug-likeness (QED) is 0.891. The molecule has 1 N–H and O–H groups in total. The molecule has 2 atom stereocenters. The van der Waals surface area contributed by atoms with Gasteiger partial charge in [-0.2, -0.15) is 0 Å². The molecule has 0 aliphatic carbocycles. The topological polar surface area (TPSA) is 20.2 Å². The highest BCUT2D eigenvalue weighted by atomic mass is 19.1. The van der Waals surface area contributed by atoms with Crippen LogP contribution in [0.2, 0.25) is 0 Å². The third-order valence-corrected chi connectivity index (χ3v) is 3.34. The largest absolute Gasteiger partial charge is 0.392 e. The standard InChI is InChI=1S/C16H16F2O/c1-11(12-5-3-2-4-6-12)16(19)10-13-9-14(17)7-8-15(13)18/h2-9,11,16,19H,10H2,1H3. The molecule has 3 heteroatoms.